The molecule has 106 valence electrons. The van der Waals surface area contributed by atoms with E-state index in [-0.39, 0.29) is 12.0 Å². The Morgan fingerprint density at radius 3 is 2.74 bits per heavy atom. The number of ether oxygens (including phenoxy) is 2. The van der Waals surface area contributed by atoms with Gasteiger partial charge in [-0.3, -0.25) is 0 Å². The topological polar surface area (TPSA) is 74.4 Å². The summed E-state index contributed by atoms with van der Waals surface area (Å²) in [6.07, 6.45) is 0.996. The fourth-order valence-electron chi connectivity index (χ4n) is 1.65. The first-order chi connectivity index (χ1) is 8.76. The molecule has 1 unspecified atom stereocenters. The van der Waals surface area contributed by atoms with E-state index in [0.29, 0.717) is 17.3 Å². The van der Waals surface area contributed by atoms with E-state index >= 15 is 0 Å². The van der Waals surface area contributed by atoms with E-state index in [2.05, 4.69) is 4.98 Å². The van der Waals surface area contributed by atoms with Crippen molar-refractivity contribution >= 4 is 17.7 Å². The Morgan fingerprint density at radius 2 is 2.21 bits per heavy atom. The summed E-state index contributed by atoms with van der Waals surface area (Å²) >= 11 is 5.75. The van der Waals surface area contributed by atoms with Gasteiger partial charge in [0.1, 0.15) is 23.6 Å². The smallest absolute Gasteiger partial charge is 0.404 e. The average Bonchev–Trinajstić information content (AvgIpc) is 2.23. The maximum atomic E-state index is 10.9. The van der Waals surface area contributed by atoms with Crippen molar-refractivity contribution in [1.82, 2.24) is 4.98 Å². The fourth-order valence-corrected chi connectivity index (χ4v) is 1.81. The molecule has 1 aromatic heterocycles. The molecule has 1 amide bonds. The Kier molecular flexibility index (Phi) is 5.42. The molecule has 0 fully saturated rings. The summed E-state index contributed by atoms with van der Waals surface area (Å²) in [4.78, 5) is 14.7. The van der Waals surface area contributed by atoms with Crippen LogP contribution in [-0.2, 0) is 4.74 Å². The number of primary amides is 1. The molecule has 19 heavy (non-hydrogen) atoms. The van der Waals surface area contributed by atoms with Crippen molar-refractivity contribution in [3.63, 3.8) is 0 Å². The number of carbonyl (C=O) groups excluding carboxylic acids is 1. The lowest BCUT2D eigenvalue weighted by atomic mass is 9.89. The van der Waals surface area contributed by atoms with Crippen LogP contribution in [0.15, 0.2) is 18.3 Å². The van der Waals surface area contributed by atoms with Crippen molar-refractivity contribution in [3.8, 4) is 5.75 Å². The third-order valence-electron chi connectivity index (χ3n) is 2.26. The molecule has 0 aromatic carbocycles. The maximum absolute atomic E-state index is 10.9. The number of hydrogen-bond donors (Lipinski definition) is 1. The van der Waals surface area contributed by atoms with Crippen LogP contribution in [0.2, 0.25) is 5.15 Å². The second-order valence-electron chi connectivity index (χ2n) is 5.45. The standard InChI is InChI=1S/C13H19ClN2O3/c1-13(2,3)7-10(19-12(15)17)8-18-9-4-5-16-11(14)6-9/h4-6,10H,7-8H2,1-3H3,(H2,15,17). The molecule has 6 heteroatoms. The summed E-state index contributed by atoms with van der Waals surface area (Å²) in [6.45, 7) is 6.37. The highest BCUT2D eigenvalue weighted by molar-refractivity contribution is 6.29. The summed E-state index contributed by atoms with van der Waals surface area (Å²) in [6, 6.07) is 3.28. The summed E-state index contributed by atoms with van der Waals surface area (Å²) in [5, 5.41) is 0.348. The zero-order valence-electron chi connectivity index (χ0n) is 11.4. The van der Waals surface area contributed by atoms with Crippen molar-refractivity contribution < 1.29 is 14.3 Å². The lowest BCUT2D eigenvalue weighted by Crippen LogP contribution is -2.31. The Labute approximate surface area is 118 Å². The minimum Gasteiger partial charge on any atom is -0.490 e. The molecule has 1 aromatic rings. The molecule has 0 radical (unpaired) electrons. The zero-order valence-corrected chi connectivity index (χ0v) is 12.1. The normalized spacial score (nSPS) is 12.8. The molecule has 0 aliphatic carbocycles. The van der Waals surface area contributed by atoms with Gasteiger partial charge in [-0.15, -0.1) is 0 Å². The fraction of sp³-hybridized carbons (Fsp3) is 0.538. The van der Waals surface area contributed by atoms with E-state index in [4.69, 9.17) is 26.8 Å². The lowest BCUT2D eigenvalue weighted by molar-refractivity contribution is 0.0463. The van der Waals surface area contributed by atoms with Gasteiger partial charge in [0, 0.05) is 12.3 Å². The number of pyridine rings is 1. The monoisotopic (exact) mass is 286 g/mol. The van der Waals surface area contributed by atoms with Crippen molar-refractivity contribution in [2.24, 2.45) is 11.1 Å². The summed E-state index contributed by atoms with van der Waals surface area (Å²) in [5.41, 5.74) is 5.06. The molecule has 5 nitrogen and oxygen atoms in total. The van der Waals surface area contributed by atoms with Gasteiger partial charge in [0.15, 0.2) is 0 Å². The highest BCUT2D eigenvalue weighted by Crippen LogP contribution is 2.23. The van der Waals surface area contributed by atoms with Gasteiger partial charge in [-0.05, 0) is 17.9 Å². The molecule has 0 spiro atoms. The molecule has 0 saturated heterocycles. The van der Waals surface area contributed by atoms with Crippen molar-refractivity contribution in [3.05, 3.63) is 23.5 Å². The number of amides is 1. The van der Waals surface area contributed by atoms with Gasteiger partial charge in [0.25, 0.3) is 0 Å². The minimum atomic E-state index is -0.800. The minimum absolute atomic E-state index is 0.000630. The third kappa shape index (κ3) is 6.86. The van der Waals surface area contributed by atoms with Gasteiger partial charge in [0.2, 0.25) is 0 Å². The predicted molar refractivity (Wildman–Crippen MR) is 73.3 cm³/mol. The van der Waals surface area contributed by atoms with Crippen LogP contribution in [0, 0.1) is 5.41 Å². The van der Waals surface area contributed by atoms with E-state index in [9.17, 15) is 4.79 Å². The highest BCUT2D eigenvalue weighted by atomic mass is 35.5. The molecule has 1 heterocycles. The van der Waals surface area contributed by atoms with Crippen LogP contribution >= 0.6 is 11.6 Å². The van der Waals surface area contributed by atoms with Crippen LogP contribution in [0.4, 0.5) is 4.79 Å². The van der Waals surface area contributed by atoms with Crippen molar-refractivity contribution in [2.45, 2.75) is 33.3 Å². The molecule has 0 bridgehead atoms. The second kappa shape index (κ2) is 6.61. The Hall–Kier alpha value is -1.49. The van der Waals surface area contributed by atoms with Crippen molar-refractivity contribution in [1.29, 1.82) is 0 Å². The molecule has 1 atom stereocenters. The van der Waals surface area contributed by atoms with Gasteiger partial charge in [0.05, 0.1) is 0 Å². The van der Waals surface area contributed by atoms with Gasteiger partial charge in [-0.1, -0.05) is 32.4 Å². The van der Waals surface area contributed by atoms with Crippen LogP contribution in [0.3, 0.4) is 0 Å². The average molecular weight is 287 g/mol. The summed E-state index contributed by atoms with van der Waals surface area (Å²) in [5.74, 6) is 0.576. The van der Waals surface area contributed by atoms with E-state index in [1.165, 1.54) is 0 Å². The van der Waals surface area contributed by atoms with E-state index < -0.39 is 12.2 Å². The third-order valence-corrected chi connectivity index (χ3v) is 2.46. The number of halogens is 1. The molecule has 0 aliphatic heterocycles. The molecule has 2 N–H and O–H groups in total. The second-order valence-corrected chi connectivity index (χ2v) is 5.84. The summed E-state index contributed by atoms with van der Waals surface area (Å²) < 4.78 is 10.6. The van der Waals surface area contributed by atoms with Gasteiger partial charge in [-0.2, -0.15) is 0 Å². The number of carbonyl (C=O) groups is 1. The lowest BCUT2D eigenvalue weighted by Gasteiger charge is -2.25. The van der Waals surface area contributed by atoms with Crippen LogP contribution in [0.5, 0.6) is 5.75 Å². The molecular weight excluding hydrogens is 268 g/mol. The summed E-state index contributed by atoms with van der Waals surface area (Å²) in [7, 11) is 0. The van der Waals surface area contributed by atoms with Crippen LogP contribution in [0.25, 0.3) is 0 Å². The van der Waals surface area contributed by atoms with E-state index in [1.807, 2.05) is 20.8 Å². The molecule has 0 aliphatic rings. The van der Waals surface area contributed by atoms with E-state index in [0.717, 1.165) is 0 Å². The first-order valence-corrected chi connectivity index (χ1v) is 6.34. The van der Waals surface area contributed by atoms with Gasteiger partial charge < -0.3 is 15.2 Å². The Bertz CT molecular complexity index is 432. The van der Waals surface area contributed by atoms with Crippen LogP contribution < -0.4 is 10.5 Å². The predicted octanol–water partition coefficient (Wildman–Crippen LogP) is 3.01. The Morgan fingerprint density at radius 1 is 1.53 bits per heavy atom. The highest BCUT2D eigenvalue weighted by Gasteiger charge is 2.22. The number of rotatable bonds is 5. The van der Waals surface area contributed by atoms with Crippen molar-refractivity contribution in [2.75, 3.05) is 6.61 Å². The Balaban J connectivity index is 2.59. The van der Waals surface area contributed by atoms with Crippen LogP contribution in [-0.4, -0.2) is 23.8 Å². The van der Waals surface area contributed by atoms with E-state index in [1.54, 1.807) is 18.3 Å². The number of hydrogen-bond acceptors (Lipinski definition) is 4. The molecular formula is C13H19ClN2O3. The quantitative estimate of drug-likeness (QED) is 0.844. The first kappa shape index (κ1) is 15.6. The largest absolute Gasteiger partial charge is 0.490 e. The van der Waals surface area contributed by atoms with Crippen LogP contribution in [0.1, 0.15) is 27.2 Å². The van der Waals surface area contributed by atoms with Gasteiger partial charge >= 0.3 is 6.09 Å². The number of nitrogens with two attached hydrogens (primary N) is 1. The first-order valence-electron chi connectivity index (χ1n) is 5.97. The molecule has 0 saturated carbocycles. The maximum Gasteiger partial charge on any atom is 0.404 e. The zero-order chi connectivity index (χ0) is 14.5. The SMILES string of the molecule is CC(C)(C)CC(COc1ccnc(Cl)c1)OC(N)=O. The molecule has 1 rings (SSSR count). The number of nitrogens with zero attached hydrogens (tertiary/aromatic N) is 1. The van der Waals surface area contributed by atoms with Gasteiger partial charge in [-0.25, -0.2) is 9.78 Å². The number of aromatic nitrogens is 1.